The van der Waals surface area contributed by atoms with Crippen LogP contribution >= 0.6 is 11.1 Å². The Morgan fingerprint density at radius 1 is 1.22 bits per heavy atom. The summed E-state index contributed by atoms with van der Waals surface area (Å²) in [6.45, 7) is 11.1. The molecule has 0 rings (SSSR count). The zero-order valence-corrected chi connectivity index (χ0v) is 10.3. The Morgan fingerprint density at radius 2 is 1.33 bits per heavy atom. The van der Waals surface area contributed by atoms with Crippen LogP contribution in [0.3, 0.4) is 0 Å². The van der Waals surface area contributed by atoms with Gasteiger partial charge in [0.25, 0.3) is 0 Å². The summed E-state index contributed by atoms with van der Waals surface area (Å²) < 4.78 is 0. The molecule has 0 amide bonds. The van der Waals surface area contributed by atoms with Gasteiger partial charge in [0.05, 0.1) is 0 Å². The van der Waals surface area contributed by atoms with Crippen molar-refractivity contribution < 1.29 is 0 Å². The predicted molar refractivity (Wildman–Crippen MR) is 52.8 cm³/mol. The zero-order valence-electron chi connectivity index (χ0n) is 7.16. The second kappa shape index (κ2) is 8.72. The van der Waals surface area contributed by atoms with Gasteiger partial charge in [-0.1, -0.05) is 33.5 Å². The van der Waals surface area contributed by atoms with Gasteiger partial charge in [-0.25, -0.2) is 0 Å². The van der Waals surface area contributed by atoms with Gasteiger partial charge in [0, 0.05) is 8.80 Å². The molecule has 0 saturated heterocycles. The summed E-state index contributed by atoms with van der Waals surface area (Å²) in [4.78, 5) is 0. The molecule has 9 heavy (non-hydrogen) atoms. The van der Waals surface area contributed by atoms with Crippen LogP contribution in [0.5, 0.6) is 0 Å². The highest BCUT2D eigenvalue weighted by Crippen LogP contribution is 1.96. The third-order valence-electron chi connectivity index (χ3n) is 0.309. The summed E-state index contributed by atoms with van der Waals surface area (Å²) in [5.41, 5.74) is 0.789. The lowest BCUT2D eigenvalue weighted by atomic mass is 10.6. The number of halogens is 1. The van der Waals surface area contributed by atoms with E-state index < -0.39 is 0 Å². The van der Waals surface area contributed by atoms with Gasteiger partial charge < -0.3 is 0 Å². The highest BCUT2D eigenvalue weighted by atomic mass is 35.6. The third kappa shape index (κ3) is 53.2. The number of rotatable bonds is 1. The molecule has 0 aliphatic carbocycles. The highest BCUT2D eigenvalue weighted by molar-refractivity contribution is 6.94. The van der Waals surface area contributed by atoms with Gasteiger partial charge in [-0.05, 0) is 5.54 Å². The van der Waals surface area contributed by atoms with E-state index in [4.69, 9.17) is 11.1 Å². The second-order valence-electron chi connectivity index (χ2n) is 3.05. The molecule has 1 radical (unpaired) electrons. The molecule has 0 unspecified atom stereocenters. The Balaban J connectivity index is 0. The normalized spacial score (nSPS) is 10.7. The van der Waals surface area contributed by atoms with E-state index in [1.54, 1.807) is 0 Å². The Kier molecular flexibility index (Phi) is 12.0. The molecule has 57 valence electrons. The van der Waals surface area contributed by atoms with Crippen LogP contribution in [0.2, 0.25) is 25.2 Å². The third-order valence-corrected chi connectivity index (χ3v) is 2.78. The highest BCUT2D eigenvalue weighted by Gasteiger charge is 1.84. The van der Waals surface area contributed by atoms with Crippen molar-refractivity contribution in [3.63, 3.8) is 0 Å². The minimum atomic E-state index is -0.179. The topological polar surface area (TPSA) is 0 Å². The van der Waals surface area contributed by atoms with E-state index in [1.807, 2.05) is 0 Å². The summed E-state index contributed by atoms with van der Waals surface area (Å²) in [5.74, 6) is 0. The Morgan fingerprint density at radius 3 is 1.33 bits per heavy atom. The molecule has 0 bridgehead atoms. The first-order valence-electron chi connectivity index (χ1n) is 3.33. The summed E-state index contributed by atoms with van der Waals surface area (Å²) in [6, 6.07) is 0. The van der Waals surface area contributed by atoms with E-state index in [-0.39, 0.29) is 17.6 Å². The fourth-order valence-corrected chi connectivity index (χ4v) is 0. The van der Waals surface area contributed by atoms with Crippen LogP contribution in [-0.2, 0) is 0 Å². The van der Waals surface area contributed by atoms with E-state index in [0.717, 1.165) is 5.54 Å². The van der Waals surface area contributed by atoms with E-state index in [2.05, 4.69) is 33.5 Å². The van der Waals surface area contributed by atoms with Crippen molar-refractivity contribution >= 4 is 28.7 Å². The van der Waals surface area contributed by atoms with E-state index in [9.17, 15) is 0 Å². The van der Waals surface area contributed by atoms with Crippen molar-refractivity contribution in [2.75, 3.05) is 0 Å². The molecule has 0 heterocycles. The van der Waals surface area contributed by atoms with Gasteiger partial charge in [0.15, 0.2) is 0 Å². The maximum Gasteiger partial charge on any atom is 0.127 e. The molecular formula is C6H18ClSi2. The maximum absolute atomic E-state index is 5.48. The van der Waals surface area contributed by atoms with Crippen molar-refractivity contribution in [1.82, 2.24) is 0 Å². The Labute approximate surface area is 68.1 Å². The van der Waals surface area contributed by atoms with Crippen molar-refractivity contribution in [3.8, 4) is 0 Å². The summed E-state index contributed by atoms with van der Waals surface area (Å²) in [7, 11) is -0.0586. The fraction of sp³-hybridized carbons (Fsp3) is 1.00. The monoisotopic (exact) mass is 181 g/mol. The Bertz CT molecular complexity index is 43.6. The van der Waals surface area contributed by atoms with Crippen LogP contribution in [0, 0.1) is 0 Å². The lowest BCUT2D eigenvalue weighted by molar-refractivity contribution is 1.07. The largest absolute Gasteiger partial charge is 0.176 e. The molecule has 0 aliphatic heterocycles. The molecule has 0 N–H and O–H groups in total. The van der Waals surface area contributed by atoms with Crippen LogP contribution < -0.4 is 0 Å². The molecule has 3 heteroatoms. The first-order chi connectivity index (χ1) is 4.00. The van der Waals surface area contributed by atoms with Gasteiger partial charge >= 0.3 is 0 Å². The molecule has 0 nitrogen and oxygen atoms in total. The first-order valence-corrected chi connectivity index (χ1v) is 9.28. The standard InChI is InChI=1S/C3H9ClSi.C3H9Si/c1-3(2)5-4;1-4(2)3/h3H,5H2,1-2H3;1-3H3. The van der Waals surface area contributed by atoms with E-state index in [0.29, 0.717) is 0 Å². The Hall–Kier alpha value is 0.724. The average molecular weight is 182 g/mol. The zero-order chi connectivity index (χ0) is 7.86. The van der Waals surface area contributed by atoms with Crippen molar-refractivity contribution in [2.45, 2.75) is 39.0 Å². The first kappa shape index (κ1) is 12.4. The van der Waals surface area contributed by atoms with Crippen LogP contribution in [0.25, 0.3) is 0 Å². The smallest absolute Gasteiger partial charge is 0.127 e. The fourth-order valence-electron chi connectivity index (χ4n) is 0. The maximum atomic E-state index is 5.48. The van der Waals surface area contributed by atoms with Crippen molar-refractivity contribution in [2.24, 2.45) is 0 Å². The summed E-state index contributed by atoms with van der Waals surface area (Å²) in [6.07, 6.45) is 0. The van der Waals surface area contributed by atoms with Gasteiger partial charge in [-0.2, -0.15) is 11.1 Å². The minimum Gasteiger partial charge on any atom is -0.176 e. The van der Waals surface area contributed by atoms with Crippen molar-refractivity contribution in [1.29, 1.82) is 0 Å². The van der Waals surface area contributed by atoms with Crippen LogP contribution in [-0.4, -0.2) is 17.6 Å². The lowest BCUT2D eigenvalue weighted by Gasteiger charge is -1.87. The molecule has 0 aromatic carbocycles. The number of hydrogen-bond acceptors (Lipinski definition) is 0. The van der Waals surface area contributed by atoms with Crippen LogP contribution in [0.1, 0.15) is 13.8 Å². The summed E-state index contributed by atoms with van der Waals surface area (Å²) >= 11 is 5.48. The minimum absolute atomic E-state index is 0.120. The molecule has 0 aliphatic rings. The molecular weight excluding hydrogens is 164 g/mol. The van der Waals surface area contributed by atoms with Crippen LogP contribution in [0.4, 0.5) is 0 Å². The molecule has 0 aromatic rings. The van der Waals surface area contributed by atoms with Gasteiger partial charge in [0.1, 0.15) is 8.83 Å². The number of hydrogen-bond donors (Lipinski definition) is 0. The molecule has 0 atom stereocenters. The summed E-state index contributed by atoms with van der Waals surface area (Å²) in [5, 5.41) is 0. The van der Waals surface area contributed by atoms with Gasteiger partial charge in [0.2, 0.25) is 0 Å². The van der Waals surface area contributed by atoms with Gasteiger partial charge in [-0.3, -0.25) is 0 Å². The van der Waals surface area contributed by atoms with E-state index in [1.165, 1.54) is 0 Å². The quantitative estimate of drug-likeness (QED) is 0.431. The van der Waals surface area contributed by atoms with Gasteiger partial charge in [-0.15, -0.1) is 0 Å². The van der Waals surface area contributed by atoms with E-state index >= 15 is 0 Å². The lowest BCUT2D eigenvalue weighted by Crippen LogP contribution is -1.84. The average Bonchev–Trinajstić information content (AvgIpc) is 1.65. The van der Waals surface area contributed by atoms with Crippen LogP contribution in [0.15, 0.2) is 0 Å². The van der Waals surface area contributed by atoms with Crippen molar-refractivity contribution in [3.05, 3.63) is 0 Å². The molecule has 0 spiro atoms. The SMILES string of the molecule is CC(C)[SiH2]Cl.C[Si](C)C. The molecule has 0 saturated carbocycles. The molecule has 0 aromatic heterocycles. The predicted octanol–water partition coefficient (Wildman–Crippen LogP) is 2.51. The molecule has 0 fully saturated rings. The second-order valence-corrected chi connectivity index (χ2v) is 8.92.